The highest BCUT2D eigenvalue weighted by Gasteiger charge is 2.47. The van der Waals surface area contributed by atoms with E-state index in [2.05, 4.69) is 0 Å². The van der Waals surface area contributed by atoms with Crippen molar-refractivity contribution >= 4 is 9.84 Å². The molecule has 0 heterocycles. The van der Waals surface area contributed by atoms with Gasteiger partial charge in [0.1, 0.15) is 9.84 Å². The molecule has 2 N–H and O–H groups in total. The molecular weight excluding hydrogens is 210 g/mol. The van der Waals surface area contributed by atoms with Crippen molar-refractivity contribution in [3.05, 3.63) is 0 Å². The molecule has 4 heteroatoms. The lowest BCUT2D eigenvalue weighted by atomic mass is 9.79. The minimum absolute atomic E-state index is 0.0341. The number of fused-ring (bicyclic) bond motifs is 2. The first-order valence-corrected chi connectivity index (χ1v) is 7.92. The largest absolute Gasteiger partial charge is 0.325 e. The van der Waals surface area contributed by atoms with E-state index >= 15 is 0 Å². The van der Waals surface area contributed by atoms with Gasteiger partial charge in [-0.1, -0.05) is 6.42 Å². The molecule has 2 bridgehead atoms. The molecule has 2 aliphatic rings. The van der Waals surface area contributed by atoms with Gasteiger partial charge in [0.05, 0.1) is 0 Å². The van der Waals surface area contributed by atoms with E-state index in [-0.39, 0.29) is 5.54 Å². The third kappa shape index (κ3) is 2.53. The molecule has 0 aromatic heterocycles. The van der Waals surface area contributed by atoms with Crippen LogP contribution in [0.25, 0.3) is 0 Å². The highest BCUT2D eigenvalue weighted by Crippen LogP contribution is 2.51. The zero-order chi connectivity index (χ0) is 11.1. The Labute approximate surface area is 92.3 Å². The summed E-state index contributed by atoms with van der Waals surface area (Å²) in [5.74, 6) is 1.80. The van der Waals surface area contributed by atoms with E-state index in [1.54, 1.807) is 0 Å². The standard InChI is InChI=1S/C11H21NO2S/c1-15(13,14)6-2-5-11(12)8-9-3-4-10(11)7-9/h9-10H,2-8,12H2,1H3. The summed E-state index contributed by atoms with van der Waals surface area (Å²) in [6, 6.07) is 0. The number of hydrogen-bond acceptors (Lipinski definition) is 3. The van der Waals surface area contributed by atoms with Crippen molar-refractivity contribution in [3.8, 4) is 0 Å². The summed E-state index contributed by atoms with van der Waals surface area (Å²) in [7, 11) is -2.81. The van der Waals surface area contributed by atoms with Crippen molar-refractivity contribution in [2.45, 2.75) is 44.1 Å². The predicted octanol–water partition coefficient (Wildman–Crippen LogP) is 1.33. The van der Waals surface area contributed by atoms with Gasteiger partial charge in [-0.3, -0.25) is 0 Å². The van der Waals surface area contributed by atoms with Gasteiger partial charge in [0, 0.05) is 17.5 Å². The average molecular weight is 231 g/mol. The predicted molar refractivity (Wildman–Crippen MR) is 61.3 cm³/mol. The number of rotatable bonds is 4. The molecule has 2 aliphatic carbocycles. The van der Waals surface area contributed by atoms with Gasteiger partial charge in [0.2, 0.25) is 0 Å². The molecule has 0 amide bonds. The summed E-state index contributed by atoms with van der Waals surface area (Å²) in [5, 5.41) is 0. The van der Waals surface area contributed by atoms with Crippen LogP contribution in [0.5, 0.6) is 0 Å². The van der Waals surface area contributed by atoms with Crippen LogP contribution in [0.4, 0.5) is 0 Å². The molecule has 0 aromatic carbocycles. The van der Waals surface area contributed by atoms with Gasteiger partial charge < -0.3 is 5.73 Å². The first kappa shape index (κ1) is 11.4. The zero-order valence-corrected chi connectivity index (χ0v) is 10.2. The first-order valence-electron chi connectivity index (χ1n) is 5.86. The molecule has 15 heavy (non-hydrogen) atoms. The molecule has 0 spiro atoms. The van der Waals surface area contributed by atoms with Crippen LogP contribution in [0.3, 0.4) is 0 Å². The second-order valence-electron chi connectivity index (χ2n) is 5.55. The SMILES string of the molecule is CS(=O)(=O)CCCC1(N)CC2CCC1C2. The van der Waals surface area contributed by atoms with Gasteiger partial charge in [0.15, 0.2) is 0 Å². The molecule has 0 aliphatic heterocycles. The average Bonchev–Trinajstić information content (AvgIpc) is 2.60. The highest BCUT2D eigenvalue weighted by molar-refractivity contribution is 7.90. The number of sulfone groups is 1. The van der Waals surface area contributed by atoms with Crippen molar-refractivity contribution in [1.29, 1.82) is 0 Å². The second-order valence-corrected chi connectivity index (χ2v) is 7.81. The molecular formula is C11H21NO2S. The molecule has 3 nitrogen and oxygen atoms in total. The fraction of sp³-hybridized carbons (Fsp3) is 1.00. The van der Waals surface area contributed by atoms with Crippen molar-refractivity contribution in [3.63, 3.8) is 0 Å². The van der Waals surface area contributed by atoms with Gasteiger partial charge in [-0.2, -0.15) is 0 Å². The molecule has 2 saturated carbocycles. The molecule has 0 aromatic rings. The lowest BCUT2D eigenvalue weighted by Gasteiger charge is -2.33. The molecule has 2 fully saturated rings. The zero-order valence-electron chi connectivity index (χ0n) is 9.41. The summed E-state index contributed by atoms with van der Waals surface area (Å²) in [6.45, 7) is 0. The first-order chi connectivity index (χ1) is 6.89. The summed E-state index contributed by atoms with van der Waals surface area (Å²) in [6.07, 6.45) is 7.95. The van der Waals surface area contributed by atoms with Gasteiger partial charge in [-0.05, 0) is 43.9 Å². The Bertz CT molecular complexity index is 338. The van der Waals surface area contributed by atoms with E-state index in [0.29, 0.717) is 11.7 Å². The van der Waals surface area contributed by atoms with E-state index in [1.807, 2.05) is 0 Å². The van der Waals surface area contributed by atoms with Gasteiger partial charge in [-0.25, -0.2) is 8.42 Å². The monoisotopic (exact) mass is 231 g/mol. The minimum atomic E-state index is -2.81. The molecule has 3 atom stereocenters. The topological polar surface area (TPSA) is 60.2 Å². The van der Waals surface area contributed by atoms with Crippen molar-refractivity contribution < 1.29 is 8.42 Å². The Kier molecular flexibility index (Phi) is 2.84. The maximum atomic E-state index is 11.0. The minimum Gasteiger partial charge on any atom is -0.325 e. The van der Waals surface area contributed by atoms with Gasteiger partial charge in [0.25, 0.3) is 0 Å². The quantitative estimate of drug-likeness (QED) is 0.794. The lowest BCUT2D eigenvalue weighted by Crippen LogP contribution is -2.45. The normalized spacial score (nSPS) is 39.9. The molecule has 3 unspecified atom stereocenters. The summed E-state index contributed by atoms with van der Waals surface area (Å²) < 4.78 is 22.1. The number of nitrogens with two attached hydrogens (primary N) is 1. The van der Waals surface area contributed by atoms with Crippen LogP contribution in [-0.4, -0.2) is 26.0 Å². The van der Waals surface area contributed by atoms with Crippen molar-refractivity contribution in [2.24, 2.45) is 17.6 Å². The third-order valence-corrected chi connectivity index (χ3v) is 5.21. The Morgan fingerprint density at radius 2 is 2.13 bits per heavy atom. The molecule has 0 saturated heterocycles. The molecule has 2 rings (SSSR count). The Morgan fingerprint density at radius 3 is 2.60 bits per heavy atom. The van der Waals surface area contributed by atoms with E-state index in [4.69, 9.17) is 5.73 Å². The second kappa shape index (κ2) is 3.74. The third-order valence-electron chi connectivity index (χ3n) is 4.18. The molecule has 0 radical (unpaired) electrons. The van der Waals surface area contributed by atoms with Crippen LogP contribution in [0.15, 0.2) is 0 Å². The van der Waals surface area contributed by atoms with E-state index in [9.17, 15) is 8.42 Å². The van der Waals surface area contributed by atoms with Gasteiger partial charge >= 0.3 is 0 Å². The van der Waals surface area contributed by atoms with E-state index in [0.717, 1.165) is 25.2 Å². The maximum Gasteiger partial charge on any atom is 0.147 e. The maximum absolute atomic E-state index is 11.0. The summed E-state index contributed by atoms with van der Waals surface area (Å²) in [4.78, 5) is 0. The van der Waals surface area contributed by atoms with E-state index < -0.39 is 9.84 Å². The van der Waals surface area contributed by atoms with Crippen LogP contribution < -0.4 is 5.73 Å². The summed E-state index contributed by atoms with van der Waals surface area (Å²) >= 11 is 0. The van der Waals surface area contributed by atoms with Crippen LogP contribution in [-0.2, 0) is 9.84 Å². The Morgan fingerprint density at radius 1 is 1.40 bits per heavy atom. The van der Waals surface area contributed by atoms with Gasteiger partial charge in [-0.15, -0.1) is 0 Å². The summed E-state index contributed by atoms with van der Waals surface area (Å²) in [5.41, 5.74) is 6.34. The highest BCUT2D eigenvalue weighted by atomic mass is 32.2. The fourth-order valence-corrected chi connectivity index (χ4v) is 4.13. The van der Waals surface area contributed by atoms with Crippen LogP contribution >= 0.6 is 0 Å². The smallest absolute Gasteiger partial charge is 0.147 e. The Balaban J connectivity index is 1.85. The Hall–Kier alpha value is -0.0900. The van der Waals surface area contributed by atoms with Crippen LogP contribution in [0, 0.1) is 11.8 Å². The van der Waals surface area contributed by atoms with E-state index in [1.165, 1.54) is 25.5 Å². The van der Waals surface area contributed by atoms with Crippen LogP contribution in [0.1, 0.15) is 38.5 Å². The van der Waals surface area contributed by atoms with Crippen LogP contribution in [0.2, 0.25) is 0 Å². The number of hydrogen-bond donors (Lipinski definition) is 1. The molecule has 88 valence electrons. The van der Waals surface area contributed by atoms with Crippen molar-refractivity contribution in [2.75, 3.05) is 12.0 Å². The lowest BCUT2D eigenvalue weighted by molar-refractivity contribution is 0.252. The van der Waals surface area contributed by atoms with Crippen molar-refractivity contribution in [1.82, 2.24) is 0 Å². The fourth-order valence-electron chi connectivity index (χ4n) is 3.46.